The summed E-state index contributed by atoms with van der Waals surface area (Å²) in [6.45, 7) is 11.5. The maximum atomic E-state index is 3.90. The molecule has 0 aromatic heterocycles. The van der Waals surface area contributed by atoms with Crippen molar-refractivity contribution in [2.75, 3.05) is 0 Å². The Balaban J connectivity index is 2.11. The molecular weight excluding hydrogens is 324 g/mol. The van der Waals surface area contributed by atoms with E-state index in [1.807, 2.05) is 0 Å². The smallest absolute Gasteiger partial charge is 0.0320 e. The predicted molar refractivity (Wildman–Crippen MR) is 94.6 cm³/mol. The third-order valence-corrected chi connectivity index (χ3v) is 4.78. The van der Waals surface area contributed by atoms with E-state index in [0.717, 1.165) is 10.9 Å². The average molecular weight is 353 g/mol. The van der Waals surface area contributed by atoms with Crippen LogP contribution in [0.25, 0.3) is 0 Å². The minimum Gasteiger partial charge on any atom is -0.307 e. The van der Waals surface area contributed by atoms with E-state index >= 15 is 0 Å². The topological polar surface area (TPSA) is 24.1 Å². The molecule has 21 heavy (non-hydrogen) atoms. The Labute approximate surface area is 138 Å². The van der Waals surface area contributed by atoms with Gasteiger partial charge in [0.1, 0.15) is 0 Å². The summed E-state index contributed by atoms with van der Waals surface area (Å²) in [7, 11) is 0. The van der Waals surface area contributed by atoms with E-state index in [2.05, 4.69) is 85.4 Å². The fraction of sp³-hybridized carbons (Fsp3) is 0.667. The van der Waals surface area contributed by atoms with Gasteiger partial charge in [-0.25, -0.2) is 0 Å². The molecule has 1 aromatic carbocycles. The molecule has 2 nitrogen and oxygen atoms in total. The van der Waals surface area contributed by atoms with Crippen molar-refractivity contribution >= 4 is 15.9 Å². The molecule has 1 fully saturated rings. The van der Waals surface area contributed by atoms with E-state index in [9.17, 15) is 0 Å². The van der Waals surface area contributed by atoms with Crippen LogP contribution in [-0.4, -0.2) is 17.1 Å². The van der Waals surface area contributed by atoms with Crippen molar-refractivity contribution in [3.63, 3.8) is 0 Å². The Kier molecular flexibility index (Phi) is 5.17. The average Bonchev–Trinajstić information content (AvgIpc) is 2.32. The van der Waals surface area contributed by atoms with E-state index in [1.54, 1.807) is 0 Å². The van der Waals surface area contributed by atoms with Crippen LogP contribution < -0.4 is 10.6 Å². The van der Waals surface area contributed by atoms with Crippen LogP contribution in [-0.2, 0) is 0 Å². The van der Waals surface area contributed by atoms with Crippen LogP contribution in [0.15, 0.2) is 28.7 Å². The van der Waals surface area contributed by atoms with Crippen LogP contribution in [0.1, 0.15) is 65.5 Å². The Morgan fingerprint density at radius 3 is 2.38 bits per heavy atom. The first-order valence-corrected chi connectivity index (χ1v) is 8.81. The number of rotatable bonds is 4. The second kappa shape index (κ2) is 6.39. The number of hydrogen-bond acceptors (Lipinski definition) is 2. The van der Waals surface area contributed by atoms with Crippen LogP contribution in [0.4, 0.5) is 0 Å². The van der Waals surface area contributed by atoms with Gasteiger partial charge in [0, 0.05) is 27.6 Å². The lowest BCUT2D eigenvalue weighted by atomic mass is 9.79. The second-order valence-electron chi connectivity index (χ2n) is 7.68. The number of benzene rings is 1. The summed E-state index contributed by atoms with van der Waals surface area (Å²) in [6, 6.07) is 9.66. The number of hydrogen-bond donors (Lipinski definition) is 2. The highest BCUT2D eigenvalue weighted by Crippen LogP contribution is 2.31. The highest BCUT2D eigenvalue weighted by Gasteiger charge is 2.38. The Hall–Kier alpha value is -0.380. The molecule has 1 aliphatic heterocycles. The Morgan fingerprint density at radius 2 is 1.86 bits per heavy atom. The van der Waals surface area contributed by atoms with Crippen molar-refractivity contribution in [3.05, 3.63) is 34.3 Å². The van der Waals surface area contributed by atoms with Gasteiger partial charge in [-0.05, 0) is 64.7 Å². The van der Waals surface area contributed by atoms with Crippen molar-refractivity contribution in [3.8, 4) is 0 Å². The van der Waals surface area contributed by atoms with Crippen LogP contribution in [0.5, 0.6) is 0 Å². The van der Waals surface area contributed by atoms with Gasteiger partial charge in [0.2, 0.25) is 0 Å². The first-order valence-electron chi connectivity index (χ1n) is 8.02. The normalized spacial score (nSPS) is 23.0. The third kappa shape index (κ3) is 4.80. The standard InChI is InChI=1S/C18H29BrN2/c1-6-16(13-8-7-9-14(19)10-13)20-15-11-17(2,3)21-18(4,5)12-15/h7-10,15-16,20-21H,6,11-12H2,1-5H3. The third-order valence-electron chi connectivity index (χ3n) is 4.29. The molecule has 0 spiro atoms. The largest absolute Gasteiger partial charge is 0.307 e. The van der Waals surface area contributed by atoms with Gasteiger partial charge in [-0.3, -0.25) is 0 Å². The van der Waals surface area contributed by atoms with Crippen molar-refractivity contribution in [2.24, 2.45) is 0 Å². The molecule has 1 saturated heterocycles. The lowest BCUT2D eigenvalue weighted by Gasteiger charge is -2.47. The predicted octanol–water partition coefficient (Wildman–Crippen LogP) is 4.80. The number of nitrogens with one attached hydrogen (secondary N) is 2. The van der Waals surface area contributed by atoms with Gasteiger partial charge >= 0.3 is 0 Å². The molecule has 0 radical (unpaired) electrons. The van der Waals surface area contributed by atoms with E-state index in [4.69, 9.17) is 0 Å². The molecule has 2 rings (SSSR count). The summed E-state index contributed by atoms with van der Waals surface area (Å²) >= 11 is 3.58. The molecular formula is C18H29BrN2. The van der Waals surface area contributed by atoms with E-state index in [-0.39, 0.29) is 11.1 Å². The summed E-state index contributed by atoms with van der Waals surface area (Å²) in [5.74, 6) is 0. The fourth-order valence-electron chi connectivity index (χ4n) is 3.90. The maximum absolute atomic E-state index is 3.90. The van der Waals surface area contributed by atoms with Crippen molar-refractivity contribution in [1.82, 2.24) is 10.6 Å². The molecule has 1 heterocycles. The minimum atomic E-state index is 0.189. The summed E-state index contributed by atoms with van der Waals surface area (Å²) < 4.78 is 1.16. The highest BCUT2D eigenvalue weighted by atomic mass is 79.9. The van der Waals surface area contributed by atoms with Crippen LogP contribution in [0, 0.1) is 0 Å². The van der Waals surface area contributed by atoms with Gasteiger partial charge in [0.05, 0.1) is 0 Å². The fourth-order valence-corrected chi connectivity index (χ4v) is 4.31. The van der Waals surface area contributed by atoms with Gasteiger partial charge in [0.25, 0.3) is 0 Å². The molecule has 0 bridgehead atoms. The molecule has 1 atom stereocenters. The molecule has 0 saturated carbocycles. The van der Waals surface area contributed by atoms with Crippen molar-refractivity contribution < 1.29 is 0 Å². The Morgan fingerprint density at radius 1 is 1.24 bits per heavy atom. The first-order chi connectivity index (χ1) is 9.71. The lowest BCUT2D eigenvalue weighted by molar-refractivity contribution is 0.139. The van der Waals surface area contributed by atoms with E-state index in [1.165, 1.54) is 18.4 Å². The van der Waals surface area contributed by atoms with E-state index in [0.29, 0.717) is 12.1 Å². The number of halogens is 1. The van der Waals surface area contributed by atoms with Gasteiger partial charge in [-0.2, -0.15) is 0 Å². The quantitative estimate of drug-likeness (QED) is 0.813. The van der Waals surface area contributed by atoms with Crippen molar-refractivity contribution in [2.45, 2.75) is 77.0 Å². The SMILES string of the molecule is CCC(NC1CC(C)(C)NC(C)(C)C1)c1cccc(Br)c1. The summed E-state index contributed by atoms with van der Waals surface area (Å²) in [5, 5.41) is 7.65. The summed E-state index contributed by atoms with van der Waals surface area (Å²) in [5.41, 5.74) is 1.75. The zero-order chi connectivity index (χ0) is 15.7. The first kappa shape index (κ1) is 17.0. The summed E-state index contributed by atoms with van der Waals surface area (Å²) in [6.07, 6.45) is 3.45. The molecule has 1 aliphatic rings. The van der Waals surface area contributed by atoms with Crippen LogP contribution >= 0.6 is 15.9 Å². The van der Waals surface area contributed by atoms with Crippen LogP contribution in [0.3, 0.4) is 0 Å². The molecule has 3 heteroatoms. The molecule has 1 unspecified atom stereocenters. The monoisotopic (exact) mass is 352 g/mol. The van der Waals surface area contributed by atoms with Gasteiger partial charge in [-0.1, -0.05) is 35.0 Å². The van der Waals surface area contributed by atoms with Crippen LogP contribution in [0.2, 0.25) is 0 Å². The molecule has 118 valence electrons. The maximum Gasteiger partial charge on any atom is 0.0320 e. The van der Waals surface area contributed by atoms with Gasteiger partial charge in [-0.15, -0.1) is 0 Å². The number of piperidine rings is 1. The van der Waals surface area contributed by atoms with E-state index < -0.39 is 0 Å². The zero-order valence-corrected chi connectivity index (χ0v) is 15.5. The van der Waals surface area contributed by atoms with Gasteiger partial charge < -0.3 is 10.6 Å². The molecule has 0 amide bonds. The molecule has 1 aromatic rings. The highest BCUT2D eigenvalue weighted by molar-refractivity contribution is 9.10. The Bertz CT molecular complexity index is 466. The second-order valence-corrected chi connectivity index (χ2v) is 8.60. The minimum absolute atomic E-state index is 0.189. The van der Waals surface area contributed by atoms with Gasteiger partial charge in [0.15, 0.2) is 0 Å². The molecule has 2 N–H and O–H groups in total. The van der Waals surface area contributed by atoms with Crippen molar-refractivity contribution in [1.29, 1.82) is 0 Å². The zero-order valence-electron chi connectivity index (χ0n) is 14.0. The summed E-state index contributed by atoms with van der Waals surface area (Å²) in [4.78, 5) is 0. The lowest BCUT2D eigenvalue weighted by Crippen LogP contribution is -2.61. The molecule has 0 aliphatic carbocycles.